The lowest BCUT2D eigenvalue weighted by Crippen LogP contribution is -1.87. The molecule has 0 spiro atoms. The lowest BCUT2D eigenvalue weighted by molar-refractivity contribution is 0.414. The molecule has 18 heavy (non-hydrogen) atoms. The second-order valence-corrected chi connectivity index (χ2v) is 7.39. The van der Waals surface area contributed by atoms with Crippen LogP contribution < -0.4 is 4.74 Å². The van der Waals surface area contributed by atoms with Crippen molar-refractivity contribution in [3.8, 4) is 5.75 Å². The number of benzene rings is 1. The van der Waals surface area contributed by atoms with E-state index in [-0.39, 0.29) is 0 Å². The molecule has 0 saturated heterocycles. The zero-order chi connectivity index (χ0) is 13.0. The van der Waals surface area contributed by atoms with Gasteiger partial charge in [0, 0.05) is 10.2 Å². The molecule has 0 radical (unpaired) electrons. The maximum Gasteiger partial charge on any atom is 0.175 e. The Morgan fingerprint density at radius 3 is 2.78 bits per heavy atom. The van der Waals surface area contributed by atoms with E-state index in [1.54, 1.807) is 42.0 Å². The fourth-order valence-electron chi connectivity index (χ4n) is 1.27. The van der Waals surface area contributed by atoms with Gasteiger partial charge in [-0.2, -0.15) is 0 Å². The topological polar surface area (TPSA) is 35.0 Å². The highest BCUT2D eigenvalue weighted by molar-refractivity contribution is 9.10. The Bertz CT molecular complexity index is 533. The summed E-state index contributed by atoms with van der Waals surface area (Å²) in [6.45, 7) is 0. The van der Waals surface area contributed by atoms with Crippen LogP contribution in [-0.4, -0.2) is 23.6 Å². The highest BCUT2D eigenvalue weighted by atomic mass is 79.9. The Hall–Kier alpha value is -0.240. The number of hydrogen-bond acceptors (Lipinski definition) is 6. The van der Waals surface area contributed by atoms with E-state index in [0.29, 0.717) is 0 Å². The van der Waals surface area contributed by atoms with Crippen molar-refractivity contribution in [2.45, 2.75) is 14.4 Å². The Kier molecular flexibility index (Phi) is 5.35. The van der Waals surface area contributed by atoms with Crippen molar-refractivity contribution < 1.29 is 4.74 Å². The molecule has 1 heterocycles. The smallest absolute Gasteiger partial charge is 0.175 e. The highest BCUT2D eigenvalue weighted by Crippen LogP contribution is 2.32. The van der Waals surface area contributed by atoms with Gasteiger partial charge in [0.25, 0.3) is 0 Å². The van der Waals surface area contributed by atoms with Gasteiger partial charge in [-0.3, -0.25) is 0 Å². The van der Waals surface area contributed by atoms with Crippen LogP contribution in [0.1, 0.15) is 5.56 Å². The minimum Gasteiger partial charge on any atom is -0.497 e. The molecule has 2 rings (SSSR count). The van der Waals surface area contributed by atoms with Crippen LogP contribution in [0.25, 0.3) is 0 Å². The summed E-state index contributed by atoms with van der Waals surface area (Å²) in [5.74, 6) is 1.72. The molecule has 1 aromatic heterocycles. The van der Waals surface area contributed by atoms with E-state index in [2.05, 4.69) is 26.1 Å². The Morgan fingerprint density at radius 2 is 2.11 bits per heavy atom. The number of rotatable bonds is 5. The van der Waals surface area contributed by atoms with E-state index < -0.39 is 0 Å². The van der Waals surface area contributed by atoms with E-state index in [0.717, 1.165) is 24.7 Å². The van der Waals surface area contributed by atoms with Crippen LogP contribution in [0.5, 0.6) is 5.75 Å². The third-order valence-electron chi connectivity index (χ3n) is 2.17. The highest BCUT2D eigenvalue weighted by Gasteiger charge is 2.07. The molecule has 0 aliphatic rings. The van der Waals surface area contributed by atoms with Crippen LogP contribution >= 0.6 is 50.8 Å². The standard InChI is InChI=1S/C11H11BrN2OS3/c1-15-8-3-4-9(12)7(5-8)6-17-11-14-13-10(16-2)18-11/h3-5H,6H2,1-2H3. The third kappa shape index (κ3) is 3.63. The largest absolute Gasteiger partial charge is 0.497 e. The van der Waals surface area contributed by atoms with Crippen molar-refractivity contribution in [2.24, 2.45) is 0 Å². The van der Waals surface area contributed by atoms with Gasteiger partial charge >= 0.3 is 0 Å². The summed E-state index contributed by atoms with van der Waals surface area (Å²) in [5.41, 5.74) is 1.19. The van der Waals surface area contributed by atoms with E-state index in [4.69, 9.17) is 4.74 Å². The molecule has 3 nitrogen and oxygen atoms in total. The molecule has 0 N–H and O–H groups in total. The van der Waals surface area contributed by atoms with E-state index >= 15 is 0 Å². The maximum absolute atomic E-state index is 5.22. The van der Waals surface area contributed by atoms with Crippen molar-refractivity contribution >= 4 is 50.8 Å². The predicted octanol–water partition coefficient (Wildman–Crippen LogP) is 4.32. The maximum atomic E-state index is 5.22. The van der Waals surface area contributed by atoms with Gasteiger partial charge in [0.1, 0.15) is 5.75 Å². The second-order valence-electron chi connectivity index (χ2n) is 3.28. The molecule has 0 aliphatic heterocycles. The minimum absolute atomic E-state index is 0.848. The molecule has 0 unspecified atom stereocenters. The van der Waals surface area contributed by atoms with E-state index in [1.165, 1.54) is 5.56 Å². The average Bonchev–Trinajstić information content (AvgIpc) is 2.86. The molecule has 0 fully saturated rings. The number of aromatic nitrogens is 2. The van der Waals surface area contributed by atoms with Gasteiger partial charge in [0.2, 0.25) is 0 Å². The molecule has 0 atom stereocenters. The van der Waals surface area contributed by atoms with Crippen molar-refractivity contribution in [1.82, 2.24) is 10.2 Å². The van der Waals surface area contributed by atoms with Crippen LogP contribution in [0, 0.1) is 0 Å². The van der Waals surface area contributed by atoms with Crippen LogP contribution in [0.15, 0.2) is 31.4 Å². The normalized spacial score (nSPS) is 10.6. The first-order valence-electron chi connectivity index (χ1n) is 5.05. The first-order chi connectivity index (χ1) is 8.72. The molecule has 7 heteroatoms. The summed E-state index contributed by atoms with van der Waals surface area (Å²) in [7, 11) is 1.68. The fraction of sp³-hybridized carbons (Fsp3) is 0.273. The van der Waals surface area contributed by atoms with E-state index in [9.17, 15) is 0 Å². The van der Waals surface area contributed by atoms with Gasteiger partial charge in [-0.15, -0.1) is 10.2 Å². The quantitative estimate of drug-likeness (QED) is 0.739. The van der Waals surface area contributed by atoms with Gasteiger partial charge in [-0.1, -0.05) is 50.8 Å². The first-order valence-corrected chi connectivity index (χ1v) is 8.87. The third-order valence-corrected chi connectivity index (χ3v) is 6.02. The first kappa shape index (κ1) is 14.2. The van der Waals surface area contributed by atoms with Gasteiger partial charge < -0.3 is 4.74 Å². The SMILES string of the molecule is COc1ccc(Br)c(CSc2nnc(SC)s2)c1. The molecular weight excluding hydrogens is 352 g/mol. The second kappa shape index (κ2) is 6.79. The summed E-state index contributed by atoms with van der Waals surface area (Å²) in [6, 6.07) is 5.98. The Labute approximate surface area is 127 Å². The van der Waals surface area contributed by atoms with Gasteiger partial charge in [-0.25, -0.2) is 0 Å². The van der Waals surface area contributed by atoms with Crippen molar-refractivity contribution in [3.05, 3.63) is 28.2 Å². The zero-order valence-corrected chi connectivity index (χ0v) is 13.9. The Morgan fingerprint density at radius 1 is 1.33 bits per heavy atom. The predicted molar refractivity (Wildman–Crippen MR) is 81.9 cm³/mol. The molecule has 2 aromatic rings. The van der Waals surface area contributed by atoms with Crippen LogP contribution in [0.3, 0.4) is 0 Å². The molecule has 0 aliphatic carbocycles. The van der Waals surface area contributed by atoms with Crippen LogP contribution in [0.4, 0.5) is 0 Å². The van der Waals surface area contributed by atoms with Crippen LogP contribution in [-0.2, 0) is 5.75 Å². The molecule has 1 aromatic carbocycles. The number of hydrogen-bond donors (Lipinski definition) is 0. The Balaban J connectivity index is 2.05. The lowest BCUT2D eigenvalue weighted by atomic mass is 10.2. The van der Waals surface area contributed by atoms with Gasteiger partial charge in [0.05, 0.1) is 7.11 Å². The number of nitrogens with zero attached hydrogens (tertiary/aromatic N) is 2. The monoisotopic (exact) mass is 362 g/mol. The van der Waals surface area contributed by atoms with Crippen molar-refractivity contribution in [3.63, 3.8) is 0 Å². The molecular formula is C11H11BrN2OS3. The van der Waals surface area contributed by atoms with Gasteiger partial charge in [-0.05, 0) is 30.0 Å². The molecule has 0 amide bonds. The molecule has 0 saturated carbocycles. The number of methoxy groups -OCH3 is 1. The zero-order valence-electron chi connectivity index (χ0n) is 9.84. The summed E-state index contributed by atoms with van der Waals surface area (Å²) < 4.78 is 8.31. The summed E-state index contributed by atoms with van der Waals surface area (Å²) in [5, 5.41) is 8.22. The summed E-state index contributed by atoms with van der Waals surface area (Å²) in [4.78, 5) is 0. The number of ether oxygens (including phenoxy) is 1. The van der Waals surface area contributed by atoms with Crippen LogP contribution in [0.2, 0.25) is 0 Å². The number of thioether (sulfide) groups is 2. The van der Waals surface area contributed by atoms with E-state index in [1.807, 2.05) is 24.5 Å². The van der Waals surface area contributed by atoms with Crippen molar-refractivity contribution in [1.29, 1.82) is 0 Å². The molecule has 96 valence electrons. The van der Waals surface area contributed by atoms with Crippen molar-refractivity contribution in [2.75, 3.05) is 13.4 Å². The number of halogens is 1. The summed E-state index contributed by atoms with van der Waals surface area (Å²) in [6.07, 6.45) is 2.01. The minimum atomic E-state index is 0.848. The lowest BCUT2D eigenvalue weighted by Gasteiger charge is -2.05. The average molecular weight is 363 g/mol. The summed E-state index contributed by atoms with van der Waals surface area (Å²) >= 11 is 8.48. The fourth-order valence-corrected chi connectivity index (χ4v) is 4.27. The molecule has 0 bridgehead atoms. The van der Waals surface area contributed by atoms with Gasteiger partial charge in [0.15, 0.2) is 8.68 Å².